The van der Waals surface area contributed by atoms with E-state index < -0.39 is 0 Å². The molecule has 0 saturated carbocycles. The quantitative estimate of drug-likeness (QED) is 0.632. The van der Waals surface area contributed by atoms with Crippen molar-refractivity contribution in [3.63, 3.8) is 0 Å². The van der Waals surface area contributed by atoms with Crippen LogP contribution in [0.5, 0.6) is 11.5 Å². The molecule has 0 saturated heterocycles. The lowest BCUT2D eigenvalue weighted by molar-refractivity contribution is 0.470. The van der Waals surface area contributed by atoms with Crippen LogP contribution in [0.3, 0.4) is 0 Å². The van der Waals surface area contributed by atoms with Crippen molar-refractivity contribution in [3.8, 4) is 11.5 Å². The van der Waals surface area contributed by atoms with E-state index in [1.807, 2.05) is 18.2 Å². The van der Waals surface area contributed by atoms with Gasteiger partial charge in [-0.25, -0.2) is 0 Å². The van der Waals surface area contributed by atoms with Crippen molar-refractivity contribution in [2.24, 2.45) is 0 Å². The van der Waals surface area contributed by atoms with Gasteiger partial charge in [-0.15, -0.1) is 11.6 Å². The lowest BCUT2D eigenvalue weighted by Gasteiger charge is -2.15. The van der Waals surface area contributed by atoms with Crippen molar-refractivity contribution in [3.05, 3.63) is 57.1 Å². The topological polar surface area (TPSA) is 9.23 Å². The van der Waals surface area contributed by atoms with Crippen molar-refractivity contribution in [1.29, 1.82) is 0 Å². The van der Waals surface area contributed by atoms with Crippen molar-refractivity contribution < 1.29 is 4.74 Å². The predicted octanol–water partition coefficient (Wildman–Crippen LogP) is 5.91. The van der Waals surface area contributed by atoms with E-state index in [1.54, 1.807) is 0 Å². The van der Waals surface area contributed by atoms with Gasteiger partial charge in [0.1, 0.15) is 11.5 Å². The molecule has 0 N–H and O–H groups in total. The zero-order valence-corrected chi connectivity index (χ0v) is 13.6. The van der Waals surface area contributed by atoms with Crippen molar-refractivity contribution in [2.45, 2.75) is 26.7 Å². The number of hydrogen-bond donors (Lipinski definition) is 0. The monoisotopic (exact) mass is 338 g/mol. The minimum atomic E-state index is 0.429. The molecule has 0 amide bonds. The molecule has 2 aromatic carbocycles. The second kappa shape index (κ2) is 5.98. The minimum Gasteiger partial charge on any atom is -0.456 e. The van der Waals surface area contributed by atoms with Gasteiger partial charge in [-0.2, -0.15) is 0 Å². The molecule has 0 atom stereocenters. The number of hydrogen-bond acceptors (Lipinski definition) is 1. The summed E-state index contributed by atoms with van der Waals surface area (Å²) in [6.45, 7) is 6.23. The summed E-state index contributed by atoms with van der Waals surface area (Å²) < 4.78 is 7.10. The van der Waals surface area contributed by atoms with Crippen molar-refractivity contribution in [1.82, 2.24) is 0 Å². The van der Waals surface area contributed by atoms with Gasteiger partial charge in [0.25, 0.3) is 0 Å². The van der Waals surface area contributed by atoms with Crippen molar-refractivity contribution >= 4 is 27.5 Å². The van der Waals surface area contributed by atoms with Crippen LogP contribution in [0.25, 0.3) is 0 Å². The maximum absolute atomic E-state index is 6.09. The van der Waals surface area contributed by atoms with Gasteiger partial charge < -0.3 is 4.74 Å². The summed E-state index contributed by atoms with van der Waals surface area (Å²) in [7, 11) is 0. The molecule has 1 nitrogen and oxygen atoms in total. The summed E-state index contributed by atoms with van der Waals surface area (Å²) in [5.74, 6) is 2.17. The van der Waals surface area contributed by atoms with Gasteiger partial charge in [0, 0.05) is 10.0 Å². The Morgan fingerprint density at radius 3 is 2.42 bits per heavy atom. The summed E-state index contributed by atoms with van der Waals surface area (Å²) in [5, 5.41) is 0. The molecule has 0 spiro atoms. The van der Waals surface area contributed by atoms with Gasteiger partial charge in [0.05, 0.1) is 5.88 Å². The van der Waals surface area contributed by atoms with Gasteiger partial charge in [0.15, 0.2) is 0 Å². The van der Waals surface area contributed by atoms with E-state index in [9.17, 15) is 0 Å². The summed E-state index contributed by atoms with van der Waals surface area (Å²) in [4.78, 5) is 0. The Kier molecular flexibility index (Phi) is 4.54. The maximum Gasteiger partial charge on any atom is 0.133 e. The number of benzene rings is 2. The van der Waals surface area contributed by atoms with E-state index in [1.165, 1.54) is 11.1 Å². The molecule has 0 heterocycles. The molecule has 0 aliphatic carbocycles. The highest BCUT2D eigenvalue weighted by atomic mass is 79.9. The third-order valence-corrected chi connectivity index (χ3v) is 4.03. The number of ether oxygens (including phenoxy) is 1. The zero-order chi connectivity index (χ0) is 14.0. The molecular weight excluding hydrogens is 324 g/mol. The molecule has 0 radical (unpaired) electrons. The molecule has 0 bridgehead atoms. The second-order valence-electron chi connectivity index (χ2n) is 4.64. The first-order chi connectivity index (χ1) is 9.02. The van der Waals surface area contributed by atoms with Crippen LogP contribution in [-0.2, 0) is 5.88 Å². The molecule has 0 aliphatic rings. The molecule has 3 heteroatoms. The standard InChI is InChI=1S/C16H16BrClO/c1-10-4-5-11(2)16(12(10)3)19-15-7-6-14(17)8-13(15)9-18/h4-8H,9H2,1-3H3. The van der Waals surface area contributed by atoms with Gasteiger partial charge in [0.2, 0.25) is 0 Å². The smallest absolute Gasteiger partial charge is 0.133 e. The minimum absolute atomic E-state index is 0.429. The van der Waals surface area contributed by atoms with E-state index >= 15 is 0 Å². The van der Waals surface area contributed by atoms with Gasteiger partial charge in [-0.3, -0.25) is 0 Å². The van der Waals surface area contributed by atoms with Crippen LogP contribution >= 0.6 is 27.5 Å². The first kappa shape index (κ1) is 14.4. The normalized spacial score (nSPS) is 10.6. The molecular formula is C16H16BrClO. The Hall–Kier alpha value is -0.990. The Morgan fingerprint density at radius 1 is 1.05 bits per heavy atom. The van der Waals surface area contributed by atoms with Crippen molar-refractivity contribution in [2.75, 3.05) is 0 Å². The summed E-state index contributed by atoms with van der Waals surface area (Å²) in [6, 6.07) is 10.1. The molecule has 0 aliphatic heterocycles. The summed E-state index contributed by atoms with van der Waals surface area (Å²) in [6.07, 6.45) is 0. The molecule has 2 rings (SSSR count). The van der Waals surface area contributed by atoms with Crippen LogP contribution in [0.2, 0.25) is 0 Å². The highest BCUT2D eigenvalue weighted by Crippen LogP contribution is 2.34. The van der Waals surface area contributed by atoms with Crippen LogP contribution < -0.4 is 4.74 Å². The summed E-state index contributed by atoms with van der Waals surface area (Å²) in [5.41, 5.74) is 4.51. The van der Waals surface area contributed by atoms with E-state index in [2.05, 4.69) is 48.8 Å². The zero-order valence-electron chi connectivity index (χ0n) is 11.3. The van der Waals surface area contributed by atoms with E-state index in [4.69, 9.17) is 16.3 Å². The Bertz CT molecular complexity index is 608. The third-order valence-electron chi connectivity index (χ3n) is 3.25. The SMILES string of the molecule is Cc1ccc(C)c(Oc2ccc(Br)cc2CCl)c1C. The highest BCUT2D eigenvalue weighted by Gasteiger charge is 2.10. The van der Waals surface area contributed by atoms with Gasteiger partial charge >= 0.3 is 0 Å². The largest absolute Gasteiger partial charge is 0.456 e. The number of aryl methyl sites for hydroxylation is 2. The van der Waals surface area contributed by atoms with Gasteiger partial charge in [-0.05, 0) is 55.7 Å². The van der Waals surface area contributed by atoms with Crippen LogP contribution in [0.1, 0.15) is 22.3 Å². The molecule has 0 unspecified atom stereocenters. The predicted molar refractivity (Wildman–Crippen MR) is 84.4 cm³/mol. The fourth-order valence-electron chi connectivity index (χ4n) is 1.94. The Balaban J connectivity index is 2.44. The van der Waals surface area contributed by atoms with E-state index in [-0.39, 0.29) is 0 Å². The Morgan fingerprint density at radius 2 is 1.74 bits per heavy atom. The average molecular weight is 340 g/mol. The van der Waals surface area contributed by atoms with Gasteiger partial charge in [-0.1, -0.05) is 28.1 Å². The number of alkyl halides is 1. The Labute approximate surface area is 127 Å². The number of halogens is 2. The molecule has 100 valence electrons. The molecule has 0 aromatic heterocycles. The summed E-state index contributed by atoms with van der Waals surface area (Å²) >= 11 is 9.43. The van der Waals surface area contributed by atoms with Crippen LogP contribution in [0.15, 0.2) is 34.8 Å². The van der Waals surface area contributed by atoms with Crippen LogP contribution in [-0.4, -0.2) is 0 Å². The maximum atomic E-state index is 6.09. The van der Waals surface area contributed by atoms with E-state index in [0.717, 1.165) is 27.1 Å². The highest BCUT2D eigenvalue weighted by molar-refractivity contribution is 9.10. The molecule has 19 heavy (non-hydrogen) atoms. The first-order valence-corrected chi connectivity index (χ1v) is 7.44. The number of rotatable bonds is 3. The first-order valence-electron chi connectivity index (χ1n) is 6.12. The second-order valence-corrected chi connectivity index (χ2v) is 5.82. The lowest BCUT2D eigenvalue weighted by atomic mass is 10.1. The van der Waals surface area contributed by atoms with E-state index in [0.29, 0.717) is 5.88 Å². The third kappa shape index (κ3) is 3.13. The fraction of sp³-hybridized carbons (Fsp3) is 0.250. The molecule has 2 aromatic rings. The average Bonchev–Trinajstić information content (AvgIpc) is 2.40. The molecule has 0 fully saturated rings. The van der Waals surface area contributed by atoms with Crippen LogP contribution in [0.4, 0.5) is 0 Å². The lowest BCUT2D eigenvalue weighted by Crippen LogP contribution is -1.95. The van der Waals surface area contributed by atoms with Crippen LogP contribution in [0, 0.1) is 20.8 Å². The fourth-order valence-corrected chi connectivity index (χ4v) is 2.56.